The Morgan fingerprint density at radius 2 is 1.83 bits per heavy atom. The minimum absolute atomic E-state index is 0.207. The third-order valence-electron chi connectivity index (χ3n) is 6.32. The number of hydrogen-bond acceptors (Lipinski definition) is 2. The summed E-state index contributed by atoms with van der Waals surface area (Å²) in [5.74, 6) is 0.500. The SMILES string of the molecule is CNCCN1CCC(c2ccc3[nH]c(-c4ccccc4C(F)(F)F)c(C)c3c2)CC1. The van der Waals surface area contributed by atoms with E-state index in [1.165, 1.54) is 11.6 Å². The van der Waals surface area contributed by atoms with E-state index in [1.807, 2.05) is 20.0 Å². The largest absolute Gasteiger partial charge is 0.417 e. The first-order chi connectivity index (χ1) is 14.4. The molecule has 2 heterocycles. The number of nitrogens with one attached hydrogen (secondary N) is 2. The predicted molar refractivity (Wildman–Crippen MR) is 116 cm³/mol. The summed E-state index contributed by atoms with van der Waals surface area (Å²) in [4.78, 5) is 5.72. The molecule has 0 radical (unpaired) electrons. The molecule has 0 amide bonds. The zero-order valence-electron chi connectivity index (χ0n) is 17.4. The van der Waals surface area contributed by atoms with Crippen LogP contribution in [0.25, 0.3) is 22.2 Å². The van der Waals surface area contributed by atoms with Gasteiger partial charge < -0.3 is 15.2 Å². The van der Waals surface area contributed by atoms with Gasteiger partial charge in [-0.25, -0.2) is 0 Å². The van der Waals surface area contributed by atoms with Gasteiger partial charge in [0.05, 0.1) is 11.3 Å². The summed E-state index contributed by atoms with van der Waals surface area (Å²) in [5, 5.41) is 4.21. The number of halogens is 3. The van der Waals surface area contributed by atoms with Gasteiger partial charge in [0.15, 0.2) is 0 Å². The van der Waals surface area contributed by atoms with Crippen LogP contribution < -0.4 is 5.32 Å². The van der Waals surface area contributed by atoms with Crippen LogP contribution in [0.1, 0.15) is 35.4 Å². The van der Waals surface area contributed by atoms with Crippen LogP contribution in [0, 0.1) is 6.92 Å². The van der Waals surface area contributed by atoms with Crippen LogP contribution in [0.2, 0.25) is 0 Å². The molecule has 2 aromatic carbocycles. The number of nitrogens with zero attached hydrogens (tertiary/aromatic N) is 1. The zero-order chi connectivity index (χ0) is 21.3. The number of benzene rings is 2. The molecule has 0 spiro atoms. The Balaban J connectivity index is 1.63. The van der Waals surface area contributed by atoms with E-state index in [-0.39, 0.29) is 5.56 Å². The first kappa shape index (κ1) is 20.9. The predicted octanol–water partition coefficient (Wildman–Crippen LogP) is 5.56. The maximum absolute atomic E-state index is 13.5. The van der Waals surface area contributed by atoms with Crippen molar-refractivity contribution in [3.8, 4) is 11.3 Å². The van der Waals surface area contributed by atoms with Crippen molar-refractivity contribution in [2.24, 2.45) is 0 Å². The molecule has 0 unspecified atom stereocenters. The van der Waals surface area contributed by atoms with Crippen LogP contribution in [0.4, 0.5) is 13.2 Å². The van der Waals surface area contributed by atoms with E-state index in [4.69, 9.17) is 0 Å². The number of H-pyrrole nitrogens is 1. The van der Waals surface area contributed by atoms with Gasteiger partial charge in [-0.1, -0.05) is 24.3 Å². The zero-order valence-corrected chi connectivity index (χ0v) is 17.4. The lowest BCUT2D eigenvalue weighted by atomic mass is 9.88. The van der Waals surface area contributed by atoms with Gasteiger partial charge in [0.25, 0.3) is 0 Å². The second-order valence-electron chi connectivity index (χ2n) is 8.19. The highest BCUT2D eigenvalue weighted by Crippen LogP contribution is 2.40. The first-order valence-corrected chi connectivity index (χ1v) is 10.5. The van der Waals surface area contributed by atoms with Crippen molar-refractivity contribution in [2.75, 3.05) is 33.2 Å². The van der Waals surface area contributed by atoms with E-state index in [0.29, 0.717) is 11.6 Å². The van der Waals surface area contributed by atoms with Crippen molar-refractivity contribution in [3.05, 3.63) is 59.2 Å². The molecule has 2 N–H and O–H groups in total. The molecule has 0 saturated carbocycles. The summed E-state index contributed by atoms with van der Waals surface area (Å²) >= 11 is 0. The number of piperidine rings is 1. The van der Waals surface area contributed by atoms with Crippen LogP contribution in [-0.2, 0) is 6.18 Å². The molecule has 30 heavy (non-hydrogen) atoms. The third-order valence-corrected chi connectivity index (χ3v) is 6.32. The Morgan fingerprint density at radius 1 is 1.10 bits per heavy atom. The highest BCUT2D eigenvalue weighted by molar-refractivity contribution is 5.91. The molecule has 3 aromatic rings. The van der Waals surface area contributed by atoms with Crippen LogP contribution in [-0.4, -0.2) is 43.1 Å². The molecule has 1 aliphatic heterocycles. The molecule has 1 saturated heterocycles. The summed E-state index contributed by atoms with van der Waals surface area (Å²) in [5.41, 5.74) is 3.20. The number of aromatic amines is 1. The second-order valence-corrected chi connectivity index (χ2v) is 8.19. The highest BCUT2D eigenvalue weighted by Gasteiger charge is 2.34. The fraction of sp³-hybridized carbons (Fsp3) is 0.417. The van der Waals surface area contributed by atoms with Gasteiger partial charge in [0.1, 0.15) is 0 Å². The quantitative estimate of drug-likeness (QED) is 0.572. The Labute approximate surface area is 175 Å². The lowest BCUT2D eigenvalue weighted by Crippen LogP contribution is -2.37. The number of fused-ring (bicyclic) bond motifs is 1. The Morgan fingerprint density at radius 3 is 2.53 bits per heavy atom. The molecule has 0 aliphatic carbocycles. The minimum Gasteiger partial charge on any atom is -0.354 e. The first-order valence-electron chi connectivity index (χ1n) is 10.5. The average Bonchev–Trinajstić information content (AvgIpc) is 3.08. The Bertz CT molecular complexity index is 1010. The topological polar surface area (TPSA) is 31.1 Å². The van der Waals surface area contributed by atoms with Crippen LogP contribution in [0.5, 0.6) is 0 Å². The van der Waals surface area contributed by atoms with Crippen molar-refractivity contribution in [1.82, 2.24) is 15.2 Å². The number of hydrogen-bond donors (Lipinski definition) is 2. The lowest BCUT2D eigenvalue weighted by molar-refractivity contribution is -0.137. The van der Waals surface area contributed by atoms with Gasteiger partial charge in [-0.05, 0) is 75.1 Å². The van der Waals surface area contributed by atoms with E-state index >= 15 is 0 Å². The van der Waals surface area contributed by atoms with Gasteiger partial charge >= 0.3 is 6.18 Å². The van der Waals surface area contributed by atoms with E-state index in [0.717, 1.165) is 61.6 Å². The molecule has 3 nitrogen and oxygen atoms in total. The molecule has 1 aromatic heterocycles. The molecule has 0 bridgehead atoms. The van der Waals surface area contributed by atoms with Crippen molar-refractivity contribution < 1.29 is 13.2 Å². The van der Waals surface area contributed by atoms with Gasteiger partial charge in [-0.15, -0.1) is 0 Å². The number of likely N-dealkylation sites (N-methyl/N-ethyl adjacent to an activating group) is 1. The molecule has 0 atom stereocenters. The van der Waals surface area contributed by atoms with Gasteiger partial charge in [-0.3, -0.25) is 0 Å². The lowest BCUT2D eigenvalue weighted by Gasteiger charge is -2.32. The number of aromatic nitrogens is 1. The summed E-state index contributed by atoms with van der Waals surface area (Å²) in [6.45, 7) is 6.15. The van der Waals surface area contributed by atoms with E-state index in [1.54, 1.807) is 12.1 Å². The van der Waals surface area contributed by atoms with Crippen molar-refractivity contribution in [3.63, 3.8) is 0 Å². The highest BCUT2D eigenvalue weighted by atomic mass is 19.4. The van der Waals surface area contributed by atoms with Crippen LogP contribution in [0.15, 0.2) is 42.5 Å². The smallest absolute Gasteiger partial charge is 0.354 e. The van der Waals surface area contributed by atoms with E-state index in [2.05, 4.69) is 27.3 Å². The molecule has 4 rings (SSSR count). The van der Waals surface area contributed by atoms with Crippen molar-refractivity contribution >= 4 is 10.9 Å². The Hall–Kier alpha value is -2.31. The van der Waals surface area contributed by atoms with Gasteiger partial charge in [-0.2, -0.15) is 13.2 Å². The molecule has 6 heteroatoms. The number of aryl methyl sites for hydroxylation is 1. The standard InChI is InChI=1S/C24H28F3N3/c1-16-20-15-18(17-9-12-30(13-10-17)14-11-28-2)7-8-22(20)29-23(16)19-5-3-4-6-21(19)24(25,26)27/h3-8,15,17,28-29H,9-14H2,1-2H3. The maximum Gasteiger partial charge on any atom is 0.417 e. The molecular formula is C24H28F3N3. The molecule has 160 valence electrons. The molecule has 1 aliphatic rings. The maximum atomic E-state index is 13.5. The van der Waals surface area contributed by atoms with Crippen molar-refractivity contribution in [1.29, 1.82) is 0 Å². The van der Waals surface area contributed by atoms with E-state index in [9.17, 15) is 13.2 Å². The number of rotatable bonds is 5. The fourth-order valence-corrected chi connectivity index (χ4v) is 4.58. The van der Waals surface area contributed by atoms with Gasteiger partial charge in [0.2, 0.25) is 0 Å². The summed E-state index contributed by atoms with van der Waals surface area (Å²) < 4.78 is 40.5. The third kappa shape index (κ3) is 4.12. The van der Waals surface area contributed by atoms with Crippen molar-refractivity contribution in [2.45, 2.75) is 31.9 Å². The summed E-state index contributed by atoms with van der Waals surface area (Å²) in [6.07, 6.45) is -2.16. The monoisotopic (exact) mass is 415 g/mol. The van der Waals surface area contributed by atoms with Gasteiger partial charge in [0, 0.05) is 29.6 Å². The molecular weight excluding hydrogens is 387 g/mol. The molecule has 1 fully saturated rings. The Kier molecular flexibility index (Phi) is 5.89. The number of likely N-dealkylation sites (tertiary alicyclic amines) is 1. The number of alkyl halides is 3. The fourth-order valence-electron chi connectivity index (χ4n) is 4.58. The van der Waals surface area contributed by atoms with Crippen LogP contribution in [0.3, 0.4) is 0 Å². The summed E-state index contributed by atoms with van der Waals surface area (Å²) in [7, 11) is 1.97. The van der Waals surface area contributed by atoms with E-state index < -0.39 is 11.7 Å². The average molecular weight is 416 g/mol. The van der Waals surface area contributed by atoms with Crippen LogP contribution >= 0.6 is 0 Å². The normalized spacial score (nSPS) is 16.4. The second kappa shape index (κ2) is 8.44. The summed E-state index contributed by atoms with van der Waals surface area (Å²) in [6, 6.07) is 12.1. The minimum atomic E-state index is -4.38.